The lowest BCUT2D eigenvalue weighted by molar-refractivity contribution is -0.133. The van der Waals surface area contributed by atoms with Gasteiger partial charge in [0.05, 0.1) is 12.0 Å². The molecule has 0 aliphatic rings. The van der Waals surface area contributed by atoms with Gasteiger partial charge in [0.15, 0.2) is 10.9 Å². The average Bonchev–Trinajstić information content (AvgIpc) is 3.12. The van der Waals surface area contributed by atoms with E-state index in [1.54, 1.807) is 29.2 Å². The maximum Gasteiger partial charge on any atom is 0.260 e. The lowest BCUT2D eigenvalue weighted by Gasteiger charge is -2.18. The van der Waals surface area contributed by atoms with E-state index >= 15 is 0 Å². The first kappa shape index (κ1) is 21.6. The molecule has 0 aliphatic carbocycles. The van der Waals surface area contributed by atoms with E-state index in [0.717, 1.165) is 5.56 Å². The Labute approximate surface area is 171 Å². The zero-order chi connectivity index (χ0) is 20.4. The van der Waals surface area contributed by atoms with Crippen molar-refractivity contribution in [2.24, 2.45) is 5.10 Å². The molecule has 1 heterocycles. The number of nitrogens with zero attached hydrogens (tertiary/aromatic N) is 4. The number of rotatable bonds is 10. The summed E-state index contributed by atoms with van der Waals surface area (Å²) in [6.07, 6.45) is 1.52. The van der Waals surface area contributed by atoms with Gasteiger partial charge in [0.1, 0.15) is 5.75 Å². The summed E-state index contributed by atoms with van der Waals surface area (Å²) in [7, 11) is 0. The number of carbonyl (C=O) groups excluding carboxylic acids is 2. The number of nitrogens with one attached hydrogen (secondary N) is 1. The van der Waals surface area contributed by atoms with Crippen LogP contribution in [0.5, 0.6) is 5.75 Å². The third-order valence-electron chi connectivity index (χ3n) is 3.51. The largest absolute Gasteiger partial charge is 0.484 e. The SMILES string of the molecule is CCN(CC)C(=O)COc1ccc(/C=N/NC(=O)CSc2nnc(N)s2)cc1. The van der Waals surface area contributed by atoms with Crippen molar-refractivity contribution in [3.63, 3.8) is 0 Å². The van der Waals surface area contributed by atoms with Gasteiger partial charge in [-0.25, -0.2) is 5.43 Å². The fourth-order valence-corrected chi connectivity index (χ4v) is 3.51. The standard InChI is InChI=1S/C17H22N6O3S2/c1-3-23(4-2)15(25)10-26-13-7-5-12(6-8-13)9-19-20-14(24)11-27-17-22-21-16(18)28-17/h5-9H,3-4,10-11H2,1-2H3,(H2,18,21)(H,20,24)/b19-9+. The molecule has 0 saturated carbocycles. The van der Waals surface area contributed by atoms with Crippen LogP contribution in [0.25, 0.3) is 0 Å². The summed E-state index contributed by atoms with van der Waals surface area (Å²) in [5.74, 6) is 0.450. The predicted octanol–water partition coefficient (Wildman–Crippen LogP) is 1.61. The van der Waals surface area contributed by atoms with Gasteiger partial charge in [0.2, 0.25) is 5.13 Å². The third-order valence-corrected chi connectivity index (χ3v) is 5.40. The lowest BCUT2D eigenvalue weighted by atomic mass is 10.2. The van der Waals surface area contributed by atoms with Gasteiger partial charge in [-0.05, 0) is 43.7 Å². The minimum atomic E-state index is -0.259. The maximum absolute atomic E-state index is 11.9. The highest BCUT2D eigenvalue weighted by Crippen LogP contribution is 2.22. The summed E-state index contributed by atoms with van der Waals surface area (Å²) in [6, 6.07) is 7.06. The van der Waals surface area contributed by atoms with Crippen molar-refractivity contribution in [2.45, 2.75) is 18.2 Å². The Kier molecular flexibility index (Phi) is 8.69. The normalized spacial score (nSPS) is 10.8. The average molecular weight is 423 g/mol. The zero-order valence-corrected chi connectivity index (χ0v) is 17.3. The van der Waals surface area contributed by atoms with Crippen molar-refractivity contribution in [2.75, 3.05) is 31.2 Å². The Morgan fingerprint density at radius 3 is 2.61 bits per heavy atom. The van der Waals surface area contributed by atoms with Gasteiger partial charge in [-0.1, -0.05) is 23.1 Å². The monoisotopic (exact) mass is 422 g/mol. The molecule has 28 heavy (non-hydrogen) atoms. The van der Waals surface area contributed by atoms with Crippen molar-refractivity contribution >= 4 is 46.3 Å². The second-order valence-electron chi connectivity index (χ2n) is 5.41. The summed E-state index contributed by atoms with van der Waals surface area (Å²) in [5.41, 5.74) is 8.71. The van der Waals surface area contributed by atoms with E-state index in [1.165, 1.54) is 29.3 Å². The van der Waals surface area contributed by atoms with Gasteiger partial charge in [0, 0.05) is 13.1 Å². The summed E-state index contributed by atoms with van der Waals surface area (Å²) in [4.78, 5) is 25.4. The van der Waals surface area contributed by atoms with Crippen molar-refractivity contribution in [3.05, 3.63) is 29.8 Å². The third kappa shape index (κ3) is 7.16. The van der Waals surface area contributed by atoms with Crippen molar-refractivity contribution in [1.29, 1.82) is 0 Å². The van der Waals surface area contributed by atoms with Crippen LogP contribution in [-0.2, 0) is 9.59 Å². The van der Waals surface area contributed by atoms with Gasteiger partial charge >= 0.3 is 0 Å². The number of hydrogen-bond donors (Lipinski definition) is 2. The molecule has 0 saturated heterocycles. The summed E-state index contributed by atoms with van der Waals surface area (Å²) >= 11 is 2.47. The van der Waals surface area contributed by atoms with Gasteiger partial charge in [-0.2, -0.15) is 5.10 Å². The first-order valence-electron chi connectivity index (χ1n) is 8.56. The molecular weight excluding hydrogens is 400 g/mol. The molecule has 1 aromatic heterocycles. The fourth-order valence-electron chi connectivity index (χ4n) is 2.08. The van der Waals surface area contributed by atoms with Gasteiger partial charge in [0.25, 0.3) is 11.8 Å². The molecule has 11 heteroatoms. The molecule has 0 spiro atoms. The lowest BCUT2D eigenvalue weighted by Crippen LogP contribution is -2.34. The molecular formula is C17H22N6O3S2. The van der Waals surface area contributed by atoms with Gasteiger partial charge < -0.3 is 15.4 Å². The number of aromatic nitrogens is 2. The van der Waals surface area contributed by atoms with Gasteiger partial charge in [-0.3, -0.25) is 9.59 Å². The molecule has 0 bridgehead atoms. The van der Waals surface area contributed by atoms with Crippen molar-refractivity contribution in [1.82, 2.24) is 20.5 Å². The molecule has 0 unspecified atom stereocenters. The maximum atomic E-state index is 11.9. The van der Waals surface area contributed by atoms with Crippen LogP contribution in [0.1, 0.15) is 19.4 Å². The van der Waals surface area contributed by atoms with E-state index < -0.39 is 0 Å². The second-order valence-corrected chi connectivity index (χ2v) is 7.64. The van der Waals surface area contributed by atoms with Crippen molar-refractivity contribution < 1.29 is 14.3 Å². The molecule has 2 rings (SSSR count). The number of nitrogen functional groups attached to an aromatic ring is 1. The minimum absolute atomic E-state index is 0.00308. The summed E-state index contributed by atoms with van der Waals surface area (Å²) in [5, 5.41) is 11.8. The number of hydrazone groups is 1. The molecule has 9 nitrogen and oxygen atoms in total. The number of nitrogens with two attached hydrogens (primary N) is 1. The van der Waals surface area contributed by atoms with E-state index in [-0.39, 0.29) is 24.2 Å². The van der Waals surface area contributed by atoms with Crippen molar-refractivity contribution in [3.8, 4) is 5.75 Å². The molecule has 0 fully saturated rings. The van der Waals surface area contributed by atoms with Crippen LogP contribution in [-0.4, -0.2) is 58.6 Å². The second kappa shape index (κ2) is 11.2. The number of anilines is 1. The number of carbonyl (C=O) groups is 2. The number of hydrogen-bond acceptors (Lipinski definition) is 9. The molecule has 3 N–H and O–H groups in total. The first-order chi connectivity index (χ1) is 13.5. The van der Waals surface area contributed by atoms with Crippen LogP contribution in [0.3, 0.4) is 0 Å². The number of amides is 2. The molecule has 2 amide bonds. The molecule has 1 aromatic carbocycles. The van der Waals surface area contributed by atoms with E-state index in [9.17, 15) is 9.59 Å². The van der Waals surface area contributed by atoms with Gasteiger partial charge in [-0.15, -0.1) is 10.2 Å². The number of thioether (sulfide) groups is 1. The number of likely N-dealkylation sites (N-methyl/N-ethyl adjacent to an activating group) is 1. The highest BCUT2D eigenvalue weighted by atomic mass is 32.2. The summed E-state index contributed by atoms with van der Waals surface area (Å²) in [6.45, 7) is 5.18. The molecule has 150 valence electrons. The van der Waals surface area contributed by atoms with E-state index in [4.69, 9.17) is 10.5 Å². The topological polar surface area (TPSA) is 123 Å². The van der Waals surface area contributed by atoms with Crippen LogP contribution in [0.2, 0.25) is 0 Å². The zero-order valence-electron chi connectivity index (χ0n) is 15.6. The number of ether oxygens (including phenoxy) is 1. The van der Waals surface area contributed by atoms with E-state index in [2.05, 4.69) is 20.7 Å². The quantitative estimate of drug-likeness (QED) is 0.339. The molecule has 0 aliphatic heterocycles. The van der Waals surface area contributed by atoms with E-state index in [1.807, 2.05) is 13.8 Å². The Hall–Kier alpha value is -2.66. The van der Waals surface area contributed by atoms with Crippen LogP contribution < -0.4 is 15.9 Å². The number of benzene rings is 1. The molecule has 2 aromatic rings. The Morgan fingerprint density at radius 2 is 2.00 bits per heavy atom. The molecule has 0 atom stereocenters. The minimum Gasteiger partial charge on any atom is -0.484 e. The Bertz CT molecular complexity index is 805. The first-order valence-corrected chi connectivity index (χ1v) is 10.4. The highest BCUT2D eigenvalue weighted by Gasteiger charge is 2.10. The van der Waals surface area contributed by atoms with E-state index in [0.29, 0.717) is 28.3 Å². The Morgan fingerprint density at radius 1 is 1.29 bits per heavy atom. The van der Waals surface area contributed by atoms with Crippen LogP contribution in [0, 0.1) is 0 Å². The van der Waals surface area contributed by atoms with Crippen LogP contribution in [0.4, 0.5) is 5.13 Å². The summed E-state index contributed by atoms with van der Waals surface area (Å²) < 4.78 is 6.13. The smallest absolute Gasteiger partial charge is 0.260 e. The van der Waals surface area contributed by atoms with Crippen LogP contribution >= 0.6 is 23.1 Å². The Balaban J connectivity index is 1.73. The fraction of sp³-hybridized carbons (Fsp3) is 0.353. The highest BCUT2D eigenvalue weighted by molar-refractivity contribution is 8.01. The predicted molar refractivity (Wildman–Crippen MR) is 111 cm³/mol. The van der Waals surface area contributed by atoms with Crippen LogP contribution in [0.15, 0.2) is 33.7 Å². The molecule has 0 radical (unpaired) electrons.